The van der Waals surface area contributed by atoms with Crippen molar-refractivity contribution in [1.82, 2.24) is 0 Å². The van der Waals surface area contributed by atoms with E-state index in [9.17, 15) is 4.79 Å². The fraction of sp³-hybridized carbons (Fsp3) is 0.235. The van der Waals surface area contributed by atoms with Crippen LogP contribution in [0.25, 0.3) is 11.1 Å². The normalized spacial score (nSPS) is 10.2. The van der Waals surface area contributed by atoms with E-state index in [1.807, 2.05) is 42.5 Å². The van der Waals surface area contributed by atoms with Crippen molar-refractivity contribution in [2.75, 3.05) is 11.9 Å². The first-order valence-corrected chi connectivity index (χ1v) is 6.96. The molecule has 2 rings (SSSR count). The number of nitrogens with one attached hydrogen (secondary N) is 1. The molecule has 20 heavy (non-hydrogen) atoms. The summed E-state index contributed by atoms with van der Waals surface area (Å²) in [6, 6.07) is 15.7. The van der Waals surface area contributed by atoms with Crippen molar-refractivity contribution in [2.24, 2.45) is 5.73 Å². The Balaban J connectivity index is 2.45. The molecule has 1 amide bonds. The maximum absolute atomic E-state index is 11.6. The number of carbonyl (C=O) groups excluding carboxylic acids is 1. The topological polar surface area (TPSA) is 55.1 Å². The highest BCUT2D eigenvalue weighted by Gasteiger charge is 2.13. The number of primary amides is 1. The molecule has 3 nitrogen and oxygen atoms in total. The maximum atomic E-state index is 11.6. The monoisotopic (exact) mass is 268 g/mol. The minimum Gasteiger partial charge on any atom is -0.384 e. The number of hydrogen-bond donors (Lipinski definition) is 2. The number of nitrogens with two attached hydrogens (primary N) is 1. The predicted octanol–water partition coefficient (Wildman–Crippen LogP) is 3.66. The second-order valence-corrected chi connectivity index (χ2v) is 4.74. The van der Waals surface area contributed by atoms with Crippen molar-refractivity contribution in [2.45, 2.75) is 19.8 Å². The molecular weight excluding hydrogens is 248 g/mol. The summed E-state index contributed by atoms with van der Waals surface area (Å²) in [6.45, 7) is 2.97. The van der Waals surface area contributed by atoms with Crippen LogP contribution in [0.3, 0.4) is 0 Å². The molecule has 3 heteroatoms. The van der Waals surface area contributed by atoms with Crippen molar-refractivity contribution in [3.63, 3.8) is 0 Å². The van der Waals surface area contributed by atoms with Crippen molar-refractivity contribution in [1.29, 1.82) is 0 Å². The van der Waals surface area contributed by atoms with Crippen LogP contribution in [0.2, 0.25) is 0 Å². The summed E-state index contributed by atoms with van der Waals surface area (Å²) in [5.74, 6) is -0.401. The minimum atomic E-state index is -0.401. The van der Waals surface area contributed by atoms with Gasteiger partial charge in [0.1, 0.15) is 0 Å². The van der Waals surface area contributed by atoms with Crippen molar-refractivity contribution in [3.05, 3.63) is 54.1 Å². The van der Waals surface area contributed by atoms with E-state index >= 15 is 0 Å². The van der Waals surface area contributed by atoms with Gasteiger partial charge < -0.3 is 11.1 Å². The van der Waals surface area contributed by atoms with Crippen LogP contribution in [0.4, 0.5) is 5.69 Å². The van der Waals surface area contributed by atoms with Gasteiger partial charge in [-0.25, -0.2) is 0 Å². The molecule has 104 valence electrons. The Morgan fingerprint density at radius 1 is 1.10 bits per heavy atom. The highest BCUT2D eigenvalue weighted by Crippen LogP contribution is 2.30. The van der Waals surface area contributed by atoms with Crippen LogP contribution in [0, 0.1) is 0 Å². The number of para-hydroxylation sites is 1. The largest absolute Gasteiger partial charge is 0.384 e. The van der Waals surface area contributed by atoms with Gasteiger partial charge in [0.25, 0.3) is 5.91 Å². The van der Waals surface area contributed by atoms with Gasteiger partial charge in [0.15, 0.2) is 0 Å². The van der Waals surface area contributed by atoms with Crippen LogP contribution >= 0.6 is 0 Å². The predicted molar refractivity (Wildman–Crippen MR) is 83.8 cm³/mol. The standard InChI is InChI=1S/C17H20N2O/c1-2-3-12-19-16-14(13-8-5-4-6-9-13)10-7-11-15(16)17(18)20/h4-11,19H,2-3,12H2,1H3,(H2,18,20). The molecular formula is C17H20N2O. The number of amides is 1. The molecule has 2 aromatic carbocycles. The van der Waals surface area contributed by atoms with Crippen LogP contribution in [-0.4, -0.2) is 12.5 Å². The zero-order chi connectivity index (χ0) is 14.4. The zero-order valence-electron chi connectivity index (χ0n) is 11.7. The minimum absolute atomic E-state index is 0.401. The van der Waals surface area contributed by atoms with E-state index in [1.165, 1.54) is 0 Å². The third-order valence-corrected chi connectivity index (χ3v) is 3.25. The van der Waals surface area contributed by atoms with Gasteiger partial charge in [0.05, 0.1) is 11.3 Å². The third kappa shape index (κ3) is 3.18. The van der Waals surface area contributed by atoms with Gasteiger partial charge in [0.2, 0.25) is 0 Å². The summed E-state index contributed by atoms with van der Waals surface area (Å²) >= 11 is 0. The van der Waals surface area contributed by atoms with Crippen LogP contribution in [0.15, 0.2) is 48.5 Å². The lowest BCUT2D eigenvalue weighted by atomic mass is 9.99. The molecule has 0 bridgehead atoms. The summed E-state index contributed by atoms with van der Waals surface area (Å²) in [7, 11) is 0. The Bertz CT molecular complexity index is 579. The lowest BCUT2D eigenvalue weighted by Crippen LogP contribution is -2.15. The van der Waals surface area contributed by atoms with E-state index in [1.54, 1.807) is 6.07 Å². The molecule has 0 unspecified atom stereocenters. The number of hydrogen-bond acceptors (Lipinski definition) is 2. The summed E-state index contributed by atoms with van der Waals surface area (Å²) < 4.78 is 0. The number of benzene rings is 2. The van der Waals surface area contributed by atoms with Gasteiger partial charge in [-0.3, -0.25) is 4.79 Å². The van der Waals surface area contributed by atoms with Crippen LogP contribution in [-0.2, 0) is 0 Å². The van der Waals surface area contributed by atoms with Gasteiger partial charge in [-0.15, -0.1) is 0 Å². The molecule has 0 heterocycles. The number of anilines is 1. The third-order valence-electron chi connectivity index (χ3n) is 3.25. The first kappa shape index (κ1) is 14.1. The molecule has 0 saturated carbocycles. The molecule has 0 radical (unpaired) electrons. The number of rotatable bonds is 6. The number of unbranched alkanes of at least 4 members (excludes halogenated alkanes) is 1. The van der Waals surface area contributed by atoms with E-state index in [-0.39, 0.29) is 0 Å². The summed E-state index contributed by atoms with van der Waals surface area (Å²) in [4.78, 5) is 11.6. The second-order valence-electron chi connectivity index (χ2n) is 4.74. The average Bonchev–Trinajstić information content (AvgIpc) is 2.48. The Labute approximate surface area is 119 Å². The smallest absolute Gasteiger partial charge is 0.250 e. The van der Waals surface area contributed by atoms with E-state index in [0.717, 1.165) is 36.2 Å². The van der Waals surface area contributed by atoms with E-state index in [0.29, 0.717) is 5.56 Å². The second kappa shape index (κ2) is 6.75. The highest BCUT2D eigenvalue weighted by molar-refractivity contribution is 6.02. The molecule has 0 aromatic heterocycles. The van der Waals surface area contributed by atoms with Crippen LogP contribution in [0.1, 0.15) is 30.1 Å². The SMILES string of the molecule is CCCCNc1c(C(N)=O)cccc1-c1ccccc1. The maximum Gasteiger partial charge on any atom is 0.250 e. The molecule has 3 N–H and O–H groups in total. The number of carbonyl (C=O) groups is 1. The summed E-state index contributed by atoms with van der Waals surface area (Å²) in [5, 5.41) is 3.36. The first-order valence-electron chi connectivity index (χ1n) is 6.96. The summed E-state index contributed by atoms with van der Waals surface area (Å²) in [5.41, 5.74) is 8.95. The van der Waals surface area contributed by atoms with E-state index in [4.69, 9.17) is 5.73 Å². The van der Waals surface area contributed by atoms with Crippen LogP contribution in [0.5, 0.6) is 0 Å². The molecule has 0 saturated heterocycles. The Hall–Kier alpha value is -2.29. The van der Waals surface area contributed by atoms with E-state index in [2.05, 4.69) is 12.2 Å². The van der Waals surface area contributed by atoms with E-state index < -0.39 is 5.91 Å². The fourth-order valence-electron chi connectivity index (χ4n) is 2.20. The van der Waals surface area contributed by atoms with Crippen molar-refractivity contribution >= 4 is 11.6 Å². The van der Waals surface area contributed by atoms with Crippen molar-refractivity contribution < 1.29 is 4.79 Å². The lowest BCUT2D eigenvalue weighted by molar-refractivity contribution is 0.100. The van der Waals surface area contributed by atoms with Crippen molar-refractivity contribution in [3.8, 4) is 11.1 Å². The highest BCUT2D eigenvalue weighted by atomic mass is 16.1. The molecule has 2 aromatic rings. The lowest BCUT2D eigenvalue weighted by Gasteiger charge is -2.15. The molecule has 0 aliphatic rings. The van der Waals surface area contributed by atoms with Gasteiger partial charge >= 0.3 is 0 Å². The molecule has 0 spiro atoms. The molecule has 0 atom stereocenters. The quantitative estimate of drug-likeness (QED) is 0.785. The first-order chi connectivity index (χ1) is 9.74. The Morgan fingerprint density at radius 2 is 1.85 bits per heavy atom. The van der Waals surface area contributed by atoms with Gasteiger partial charge in [-0.05, 0) is 18.1 Å². The molecule has 0 fully saturated rings. The average molecular weight is 268 g/mol. The van der Waals surface area contributed by atoms with Gasteiger partial charge in [0, 0.05) is 12.1 Å². The zero-order valence-corrected chi connectivity index (χ0v) is 11.7. The Kier molecular flexibility index (Phi) is 4.77. The van der Waals surface area contributed by atoms with Gasteiger partial charge in [-0.2, -0.15) is 0 Å². The van der Waals surface area contributed by atoms with Gasteiger partial charge in [-0.1, -0.05) is 55.8 Å². The molecule has 0 aliphatic heterocycles. The summed E-state index contributed by atoms with van der Waals surface area (Å²) in [6.07, 6.45) is 2.16. The fourth-order valence-corrected chi connectivity index (χ4v) is 2.20. The van der Waals surface area contributed by atoms with Crippen LogP contribution < -0.4 is 11.1 Å². The molecule has 0 aliphatic carbocycles. The Morgan fingerprint density at radius 3 is 2.50 bits per heavy atom.